The Balaban J connectivity index is 1.41. The second kappa shape index (κ2) is 13.3. The third kappa shape index (κ3) is 7.71. The van der Waals surface area contributed by atoms with E-state index in [0.717, 1.165) is 21.0 Å². The molecule has 0 bridgehead atoms. The molecule has 0 heterocycles. The summed E-state index contributed by atoms with van der Waals surface area (Å²) in [6.45, 7) is 4.06. The summed E-state index contributed by atoms with van der Waals surface area (Å²) < 4.78 is 33.8. The van der Waals surface area contributed by atoms with E-state index in [0.29, 0.717) is 23.1 Å². The molecule has 0 aromatic heterocycles. The lowest BCUT2D eigenvalue weighted by molar-refractivity contribution is -0.119. The highest BCUT2D eigenvalue weighted by Gasteiger charge is 2.27. The maximum atomic E-state index is 13.5. The van der Waals surface area contributed by atoms with E-state index in [1.807, 2.05) is 36.4 Å². The summed E-state index contributed by atoms with van der Waals surface area (Å²) in [5, 5.41) is 4.66. The van der Waals surface area contributed by atoms with Crippen molar-refractivity contribution in [2.24, 2.45) is 5.10 Å². The summed E-state index contributed by atoms with van der Waals surface area (Å²) >= 11 is 6.01. The van der Waals surface area contributed by atoms with E-state index < -0.39 is 22.5 Å². The van der Waals surface area contributed by atoms with Gasteiger partial charge in [-0.15, -0.1) is 0 Å². The number of hydrogen-bond acceptors (Lipinski definition) is 5. The van der Waals surface area contributed by atoms with E-state index in [1.54, 1.807) is 54.6 Å². The maximum Gasteiger partial charge on any atom is 0.264 e. The number of carbonyl (C=O) groups excluding carboxylic acids is 1. The van der Waals surface area contributed by atoms with Gasteiger partial charge in [0.25, 0.3) is 15.9 Å². The molecule has 206 valence electrons. The van der Waals surface area contributed by atoms with Crippen LogP contribution in [-0.4, -0.2) is 27.1 Å². The SMILES string of the molecule is CC(C)c1ccc(N(CC(=O)N/N=C\c2ccc(OCc3cccc(Cl)c3)cc2)S(=O)(=O)c2ccccc2)cc1. The highest BCUT2D eigenvalue weighted by Crippen LogP contribution is 2.26. The molecule has 4 aromatic rings. The van der Waals surface area contributed by atoms with Crippen molar-refractivity contribution in [2.45, 2.75) is 31.3 Å². The predicted molar refractivity (Wildman–Crippen MR) is 159 cm³/mol. The Hall–Kier alpha value is -4.14. The van der Waals surface area contributed by atoms with Crippen molar-refractivity contribution in [3.05, 3.63) is 125 Å². The van der Waals surface area contributed by atoms with Gasteiger partial charge in [0.2, 0.25) is 0 Å². The number of benzene rings is 4. The number of amides is 1. The first-order valence-corrected chi connectivity index (χ1v) is 14.5. The van der Waals surface area contributed by atoms with E-state index in [-0.39, 0.29) is 10.8 Å². The van der Waals surface area contributed by atoms with Crippen LogP contribution in [0.25, 0.3) is 0 Å². The monoisotopic (exact) mass is 575 g/mol. The van der Waals surface area contributed by atoms with Crippen molar-refractivity contribution in [2.75, 3.05) is 10.8 Å². The van der Waals surface area contributed by atoms with E-state index >= 15 is 0 Å². The van der Waals surface area contributed by atoms with Crippen LogP contribution in [0.1, 0.15) is 36.5 Å². The minimum atomic E-state index is -3.99. The smallest absolute Gasteiger partial charge is 0.264 e. The normalized spacial score (nSPS) is 11.5. The van der Waals surface area contributed by atoms with Gasteiger partial charge in [-0.05, 0) is 83.3 Å². The Bertz CT molecular complexity index is 1560. The number of carbonyl (C=O) groups is 1. The molecule has 0 fully saturated rings. The summed E-state index contributed by atoms with van der Waals surface area (Å²) in [5.74, 6) is 0.381. The van der Waals surface area contributed by atoms with Crippen LogP contribution in [-0.2, 0) is 21.4 Å². The summed E-state index contributed by atoms with van der Waals surface area (Å²) in [6.07, 6.45) is 1.48. The van der Waals surface area contributed by atoms with E-state index in [1.165, 1.54) is 18.3 Å². The fourth-order valence-corrected chi connectivity index (χ4v) is 5.50. The van der Waals surface area contributed by atoms with Crippen LogP contribution in [0.15, 0.2) is 113 Å². The number of hydrazone groups is 1. The molecule has 0 unspecified atom stereocenters. The number of hydrogen-bond donors (Lipinski definition) is 1. The van der Waals surface area contributed by atoms with Gasteiger partial charge in [0.15, 0.2) is 0 Å². The molecular weight excluding hydrogens is 546 g/mol. The number of sulfonamides is 1. The Labute approximate surface area is 240 Å². The number of ether oxygens (including phenoxy) is 1. The van der Waals surface area contributed by atoms with E-state index in [9.17, 15) is 13.2 Å². The fourth-order valence-electron chi connectivity index (χ4n) is 3.85. The fraction of sp³-hybridized carbons (Fsp3) is 0.161. The summed E-state index contributed by atoms with van der Waals surface area (Å²) in [6, 6.07) is 29.8. The van der Waals surface area contributed by atoms with Crippen LogP contribution in [0.3, 0.4) is 0 Å². The number of halogens is 1. The third-order valence-corrected chi connectivity index (χ3v) is 8.07. The van der Waals surface area contributed by atoms with Gasteiger partial charge in [-0.3, -0.25) is 9.10 Å². The Morgan fingerprint density at radius 1 is 0.950 bits per heavy atom. The molecule has 4 rings (SSSR count). The third-order valence-electron chi connectivity index (χ3n) is 6.04. The Kier molecular flexibility index (Phi) is 9.58. The first-order valence-electron chi connectivity index (χ1n) is 12.7. The zero-order valence-corrected chi connectivity index (χ0v) is 23.8. The molecular formula is C31H30ClN3O4S. The van der Waals surface area contributed by atoms with Crippen molar-refractivity contribution in [1.82, 2.24) is 5.43 Å². The second-order valence-corrected chi connectivity index (χ2v) is 11.7. The van der Waals surface area contributed by atoms with Crippen molar-refractivity contribution < 1.29 is 17.9 Å². The Morgan fingerprint density at radius 2 is 1.65 bits per heavy atom. The standard InChI is InChI=1S/C31H30ClN3O4S/c1-23(2)26-13-15-28(16-14-26)35(40(37,38)30-9-4-3-5-10-30)21-31(36)34-33-20-24-11-17-29(18-12-24)39-22-25-7-6-8-27(32)19-25/h3-20,23H,21-22H2,1-2H3,(H,34,36)/b33-20-. The van der Waals surface area contributed by atoms with Crippen molar-refractivity contribution in [1.29, 1.82) is 0 Å². The molecule has 1 N–H and O–H groups in total. The average molecular weight is 576 g/mol. The maximum absolute atomic E-state index is 13.5. The van der Waals surface area contributed by atoms with Gasteiger partial charge in [-0.2, -0.15) is 5.10 Å². The molecule has 0 spiro atoms. The van der Waals surface area contributed by atoms with Gasteiger partial charge in [0.1, 0.15) is 18.9 Å². The van der Waals surface area contributed by atoms with Gasteiger partial charge in [0, 0.05) is 5.02 Å². The molecule has 0 aliphatic carbocycles. The van der Waals surface area contributed by atoms with Crippen LogP contribution < -0.4 is 14.5 Å². The molecule has 0 aliphatic heterocycles. The molecule has 40 heavy (non-hydrogen) atoms. The summed E-state index contributed by atoms with van der Waals surface area (Å²) in [5.41, 5.74) is 5.58. The molecule has 4 aromatic carbocycles. The molecule has 1 amide bonds. The average Bonchev–Trinajstić information content (AvgIpc) is 2.96. The zero-order chi connectivity index (χ0) is 28.5. The van der Waals surface area contributed by atoms with Crippen LogP contribution in [0.4, 0.5) is 5.69 Å². The lowest BCUT2D eigenvalue weighted by Crippen LogP contribution is -2.39. The Morgan fingerprint density at radius 3 is 2.30 bits per heavy atom. The van der Waals surface area contributed by atoms with Crippen LogP contribution in [0, 0.1) is 0 Å². The van der Waals surface area contributed by atoms with Crippen LogP contribution in [0.5, 0.6) is 5.75 Å². The zero-order valence-electron chi connectivity index (χ0n) is 22.2. The number of anilines is 1. The second-order valence-electron chi connectivity index (χ2n) is 9.35. The van der Waals surface area contributed by atoms with Gasteiger partial charge in [-0.25, -0.2) is 13.8 Å². The van der Waals surface area contributed by atoms with E-state index in [4.69, 9.17) is 16.3 Å². The van der Waals surface area contributed by atoms with Crippen molar-refractivity contribution in [3.8, 4) is 5.75 Å². The van der Waals surface area contributed by atoms with Crippen molar-refractivity contribution >= 4 is 39.4 Å². The summed E-state index contributed by atoms with van der Waals surface area (Å²) in [4.78, 5) is 12.9. The number of nitrogens with zero attached hydrogens (tertiary/aromatic N) is 2. The molecule has 7 nitrogen and oxygen atoms in total. The predicted octanol–water partition coefficient (Wildman–Crippen LogP) is 6.39. The summed E-state index contributed by atoms with van der Waals surface area (Å²) in [7, 11) is -3.99. The van der Waals surface area contributed by atoms with Gasteiger partial charge >= 0.3 is 0 Å². The minimum Gasteiger partial charge on any atom is -0.489 e. The number of nitrogens with one attached hydrogen (secondary N) is 1. The number of rotatable bonds is 11. The molecule has 0 saturated heterocycles. The molecule has 9 heteroatoms. The molecule has 0 atom stereocenters. The van der Waals surface area contributed by atoms with E-state index in [2.05, 4.69) is 24.4 Å². The molecule has 0 saturated carbocycles. The minimum absolute atomic E-state index is 0.0944. The highest BCUT2D eigenvalue weighted by molar-refractivity contribution is 7.92. The molecule has 0 aliphatic rings. The molecule has 0 radical (unpaired) electrons. The van der Waals surface area contributed by atoms with Gasteiger partial charge in [-0.1, -0.05) is 67.9 Å². The lowest BCUT2D eigenvalue weighted by Gasteiger charge is -2.24. The van der Waals surface area contributed by atoms with Crippen molar-refractivity contribution in [3.63, 3.8) is 0 Å². The topological polar surface area (TPSA) is 88.1 Å². The van der Waals surface area contributed by atoms with Crippen LogP contribution >= 0.6 is 11.6 Å². The first-order chi connectivity index (χ1) is 19.2. The van der Waals surface area contributed by atoms with Crippen LogP contribution in [0.2, 0.25) is 5.02 Å². The van der Waals surface area contributed by atoms with Gasteiger partial charge < -0.3 is 4.74 Å². The van der Waals surface area contributed by atoms with Gasteiger partial charge in [0.05, 0.1) is 16.8 Å². The highest BCUT2D eigenvalue weighted by atomic mass is 35.5. The first kappa shape index (κ1) is 28.9. The largest absolute Gasteiger partial charge is 0.489 e. The quantitative estimate of drug-likeness (QED) is 0.166. The lowest BCUT2D eigenvalue weighted by atomic mass is 10.0.